The average Bonchev–Trinajstić information content (AvgIpc) is 2.57. The van der Waals surface area contributed by atoms with E-state index in [2.05, 4.69) is 51.6 Å². The third-order valence-electron chi connectivity index (χ3n) is 4.41. The first-order valence-corrected chi connectivity index (χ1v) is 8.94. The number of hydrogen-bond acceptors (Lipinski definition) is 1. The van der Waals surface area contributed by atoms with Crippen molar-refractivity contribution in [1.29, 1.82) is 0 Å². The second kappa shape index (κ2) is 7.75. The number of nitrogens with one attached hydrogen (secondary N) is 2. The molecule has 1 aliphatic heterocycles. The predicted octanol–water partition coefficient (Wildman–Crippen LogP) is 2.43. The van der Waals surface area contributed by atoms with E-state index in [1.54, 1.807) is 4.90 Å². The number of rotatable bonds is 4. The van der Waals surface area contributed by atoms with Gasteiger partial charge in [0, 0.05) is 34.5 Å². The topological polar surface area (TPSA) is 33.5 Å². The van der Waals surface area contributed by atoms with Crippen LogP contribution in [0.4, 0.5) is 0 Å². The van der Waals surface area contributed by atoms with Crippen molar-refractivity contribution < 1.29 is 9.69 Å². The summed E-state index contributed by atoms with van der Waals surface area (Å²) < 4.78 is 0.937. The minimum absolute atomic E-state index is 0.0304. The smallest absolute Gasteiger partial charge is 0.251 e. The van der Waals surface area contributed by atoms with Gasteiger partial charge in [-0.05, 0) is 18.2 Å². The van der Waals surface area contributed by atoms with Crippen LogP contribution >= 0.6 is 15.9 Å². The van der Waals surface area contributed by atoms with Gasteiger partial charge < -0.3 is 10.2 Å². The Morgan fingerprint density at radius 1 is 1.09 bits per heavy atom. The number of piperidine rings is 1. The first-order valence-electron chi connectivity index (χ1n) is 8.14. The minimum atomic E-state index is 0.0304. The molecule has 3 nitrogen and oxygen atoms in total. The summed E-state index contributed by atoms with van der Waals surface area (Å²) in [6.07, 6.45) is 2.09. The standard InChI is InChI=1S/C19H21BrN2O/c20-17-8-4-7-16(13-17)19(23)21-18-9-11-22(12-10-18)14-15-5-2-1-3-6-15/h1-8,13,18H,9-12,14H2,(H,21,23)/p+1. The van der Waals surface area contributed by atoms with Crippen molar-refractivity contribution in [3.05, 3.63) is 70.2 Å². The summed E-state index contributed by atoms with van der Waals surface area (Å²) in [6, 6.07) is 18.5. The summed E-state index contributed by atoms with van der Waals surface area (Å²) in [5.74, 6) is 0.0304. The number of quaternary nitrogens is 1. The van der Waals surface area contributed by atoms with Crippen LogP contribution in [0, 0.1) is 0 Å². The van der Waals surface area contributed by atoms with E-state index in [4.69, 9.17) is 0 Å². The van der Waals surface area contributed by atoms with Crippen molar-refractivity contribution in [2.24, 2.45) is 0 Å². The van der Waals surface area contributed by atoms with Crippen LogP contribution in [0.15, 0.2) is 59.1 Å². The van der Waals surface area contributed by atoms with Crippen molar-refractivity contribution in [3.63, 3.8) is 0 Å². The zero-order valence-electron chi connectivity index (χ0n) is 13.1. The highest BCUT2D eigenvalue weighted by molar-refractivity contribution is 9.10. The zero-order chi connectivity index (χ0) is 16.1. The molecule has 1 heterocycles. The Kier molecular flexibility index (Phi) is 5.47. The van der Waals surface area contributed by atoms with Crippen molar-refractivity contribution in [2.75, 3.05) is 13.1 Å². The Morgan fingerprint density at radius 2 is 1.83 bits per heavy atom. The molecule has 0 unspecified atom stereocenters. The molecule has 0 aliphatic carbocycles. The van der Waals surface area contributed by atoms with Crippen molar-refractivity contribution in [2.45, 2.75) is 25.4 Å². The molecule has 0 saturated carbocycles. The molecule has 23 heavy (non-hydrogen) atoms. The fourth-order valence-electron chi connectivity index (χ4n) is 3.13. The zero-order valence-corrected chi connectivity index (χ0v) is 14.7. The highest BCUT2D eigenvalue weighted by Crippen LogP contribution is 2.12. The summed E-state index contributed by atoms with van der Waals surface area (Å²) in [6.45, 7) is 3.30. The Balaban J connectivity index is 1.48. The molecular formula is C19H22BrN2O+. The van der Waals surface area contributed by atoms with E-state index in [-0.39, 0.29) is 5.91 Å². The molecule has 2 aromatic rings. The molecule has 2 aromatic carbocycles. The average molecular weight is 374 g/mol. The quantitative estimate of drug-likeness (QED) is 0.847. The van der Waals surface area contributed by atoms with Crippen molar-refractivity contribution in [1.82, 2.24) is 5.32 Å². The molecule has 4 heteroatoms. The van der Waals surface area contributed by atoms with E-state index in [0.717, 1.165) is 42.5 Å². The van der Waals surface area contributed by atoms with Crippen LogP contribution in [0.1, 0.15) is 28.8 Å². The van der Waals surface area contributed by atoms with Crippen LogP contribution in [0.3, 0.4) is 0 Å². The molecule has 0 radical (unpaired) electrons. The molecular weight excluding hydrogens is 352 g/mol. The van der Waals surface area contributed by atoms with Gasteiger partial charge in [-0.2, -0.15) is 0 Å². The minimum Gasteiger partial charge on any atom is -0.349 e. The van der Waals surface area contributed by atoms with Crippen LogP contribution in [-0.4, -0.2) is 25.0 Å². The monoisotopic (exact) mass is 373 g/mol. The van der Waals surface area contributed by atoms with E-state index >= 15 is 0 Å². The fraction of sp³-hybridized carbons (Fsp3) is 0.316. The highest BCUT2D eigenvalue weighted by atomic mass is 79.9. The first kappa shape index (κ1) is 16.2. The van der Waals surface area contributed by atoms with E-state index in [1.807, 2.05) is 24.3 Å². The van der Waals surface area contributed by atoms with Crippen LogP contribution < -0.4 is 10.2 Å². The maximum absolute atomic E-state index is 12.3. The van der Waals surface area contributed by atoms with E-state index in [1.165, 1.54) is 5.56 Å². The van der Waals surface area contributed by atoms with E-state index in [0.29, 0.717) is 6.04 Å². The van der Waals surface area contributed by atoms with Gasteiger partial charge in [-0.15, -0.1) is 0 Å². The molecule has 1 amide bonds. The molecule has 3 rings (SSSR count). The lowest BCUT2D eigenvalue weighted by molar-refractivity contribution is -0.918. The number of halogens is 1. The second-order valence-corrected chi connectivity index (χ2v) is 7.09. The highest BCUT2D eigenvalue weighted by Gasteiger charge is 2.23. The summed E-state index contributed by atoms with van der Waals surface area (Å²) in [7, 11) is 0. The molecule has 0 bridgehead atoms. The maximum Gasteiger partial charge on any atom is 0.251 e. The van der Waals surface area contributed by atoms with E-state index < -0.39 is 0 Å². The van der Waals surface area contributed by atoms with Gasteiger partial charge in [-0.1, -0.05) is 52.3 Å². The Bertz CT molecular complexity index is 651. The van der Waals surface area contributed by atoms with Gasteiger partial charge in [-0.3, -0.25) is 4.79 Å². The molecule has 1 saturated heterocycles. The van der Waals surface area contributed by atoms with Gasteiger partial charge in [0.1, 0.15) is 6.54 Å². The van der Waals surface area contributed by atoms with Gasteiger partial charge in [0.25, 0.3) is 5.91 Å². The Labute approximate surface area is 145 Å². The summed E-state index contributed by atoms with van der Waals surface area (Å²) in [5, 5.41) is 3.17. The molecule has 120 valence electrons. The maximum atomic E-state index is 12.3. The molecule has 2 N–H and O–H groups in total. The molecule has 0 spiro atoms. The number of hydrogen-bond donors (Lipinski definition) is 2. The molecule has 0 aromatic heterocycles. The lowest BCUT2D eigenvalue weighted by atomic mass is 10.0. The normalized spacial score (nSPS) is 20.9. The Morgan fingerprint density at radius 3 is 2.52 bits per heavy atom. The van der Waals surface area contributed by atoms with Gasteiger partial charge in [0.05, 0.1) is 13.1 Å². The van der Waals surface area contributed by atoms with Gasteiger partial charge >= 0.3 is 0 Å². The van der Waals surface area contributed by atoms with Gasteiger partial charge in [-0.25, -0.2) is 0 Å². The summed E-state index contributed by atoms with van der Waals surface area (Å²) in [5.41, 5.74) is 2.11. The van der Waals surface area contributed by atoms with Gasteiger partial charge in [0.15, 0.2) is 0 Å². The van der Waals surface area contributed by atoms with Crippen LogP contribution in [0.25, 0.3) is 0 Å². The van der Waals surface area contributed by atoms with Crippen molar-refractivity contribution in [3.8, 4) is 0 Å². The largest absolute Gasteiger partial charge is 0.349 e. The SMILES string of the molecule is O=C(NC1CC[NH+](Cc2ccccc2)CC1)c1cccc(Br)c1. The van der Waals surface area contributed by atoms with Crippen LogP contribution in [0.5, 0.6) is 0 Å². The third-order valence-corrected chi connectivity index (χ3v) is 4.90. The number of carbonyl (C=O) groups excluding carboxylic acids is 1. The second-order valence-electron chi connectivity index (χ2n) is 6.17. The number of carbonyl (C=O) groups is 1. The van der Waals surface area contributed by atoms with Gasteiger partial charge in [0.2, 0.25) is 0 Å². The third kappa shape index (κ3) is 4.66. The lowest BCUT2D eigenvalue weighted by Crippen LogP contribution is -3.12. The number of amides is 1. The molecule has 0 atom stereocenters. The summed E-state index contributed by atoms with van der Waals surface area (Å²) >= 11 is 3.41. The first-order chi connectivity index (χ1) is 11.2. The predicted molar refractivity (Wildman–Crippen MR) is 95.5 cm³/mol. The molecule has 1 fully saturated rings. The van der Waals surface area contributed by atoms with Crippen LogP contribution in [-0.2, 0) is 6.54 Å². The molecule has 1 aliphatic rings. The van der Waals surface area contributed by atoms with Crippen molar-refractivity contribution >= 4 is 21.8 Å². The Hall–Kier alpha value is -1.65. The van der Waals surface area contributed by atoms with E-state index in [9.17, 15) is 4.79 Å². The number of likely N-dealkylation sites (tertiary alicyclic amines) is 1. The van der Waals surface area contributed by atoms with Crippen LogP contribution in [0.2, 0.25) is 0 Å². The fourth-order valence-corrected chi connectivity index (χ4v) is 3.53. The summed E-state index contributed by atoms with van der Waals surface area (Å²) in [4.78, 5) is 13.9. The lowest BCUT2D eigenvalue weighted by Gasteiger charge is -2.29. The number of benzene rings is 2.